The van der Waals surface area contributed by atoms with E-state index in [1.165, 1.54) is 0 Å². The molecule has 0 aliphatic carbocycles. The molecule has 0 radical (unpaired) electrons. The van der Waals surface area contributed by atoms with Crippen molar-refractivity contribution in [3.05, 3.63) is 59.7 Å². The first-order valence-electron chi connectivity index (χ1n) is 9.44. The van der Waals surface area contributed by atoms with Crippen LogP contribution in [0.15, 0.2) is 48.5 Å². The molecule has 0 heterocycles. The van der Waals surface area contributed by atoms with Gasteiger partial charge in [0.2, 0.25) is 15.9 Å². The molecule has 0 spiro atoms. The number of amides is 1. The van der Waals surface area contributed by atoms with E-state index < -0.39 is 15.9 Å². The van der Waals surface area contributed by atoms with Crippen molar-refractivity contribution in [2.45, 2.75) is 39.2 Å². The SMILES string of the molecule is COc1ccccc1[C@@H](C)NC(=O)CN(c1ccc(C(C)(C)C)cc1)S(C)(=O)=O. The van der Waals surface area contributed by atoms with Gasteiger partial charge in [-0.15, -0.1) is 0 Å². The first-order chi connectivity index (χ1) is 13.4. The molecule has 0 aliphatic heterocycles. The molecule has 1 N–H and O–H groups in total. The zero-order valence-corrected chi connectivity index (χ0v) is 18.7. The number of nitrogens with one attached hydrogen (secondary N) is 1. The summed E-state index contributed by atoms with van der Waals surface area (Å²) in [5.74, 6) is 0.270. The molecule has 0 saturated heterocycles. The van der Waals surface area contributed by atoms with Crippen molar-refractivity contribution in [1.29, 1.82) is 0 Å². The number of ether oxygens (including phenoxy) is 1. The molecule has 0 bridgehead atoms. The maximum Gasteiger partial charge on any atom is 0.241 e. The molecule has 0 unspecified atom stereocenters. The molecule has 158 valence electrons. The summed E-state index contributed by atoms with van der Waals surface area (Å²) in [6, 6.07) is 14.3. The lowest BCUT2D eigenvalue weighted by Gasteiger charge is -2.25. The quantitative estimate of drug-likeness (QED) is 0.745. The third-order valence-electron chi connectivity index (χ3n) is 4.69. The molecule has 2 aromatic rings. The van der Waals surface area contributed by atoms with Crippen molar-refractivity contribution < 1.29 is 17.9 Å². The number of benzene rings is 2. The number of hydrogen-bond acceptors (Lipinski definition) is 4. The number of nitrogens with zero attached hydrogens (tertiary/aromatic N) is 1. The number of anilines is 1. The Balaban J connectivity index is 2.19. The van der Waals surface area contributed by atoms with Gasteiger partial charge in [-0.2, -0.15) is 0 Å². The highest BCUT2D eigenvalue weighted by atomic mass is 32.2. The van der Waals surface area contributed by atoms with Gasteiger partial charge < -0.3 is 10.1 Å². The summed E-state index contributed by atoms with van der Waals surface area (Å²) in [5.41, 5.74) is 2.32. The summed E-state index contributed by atoms with van der Waals surface area (Å²) >= 11 is 0. The van der Waals surface area contributed by atoms with Crippen LogP contribution in [0.25, 0.3) is 0 Å². The smallest absolute Gasteiger partial charge is 0.241 e. The van der Waals surface area contributed by atoms with Gasteiger partial charge in [-0.3, -0.25) is 9.10 Å². The molecule has 6 nitrogen and oxygen atoms in total. The van der Waals surface area contributed by atoms with Crippen molar-refractivity contribution >= 4 is 21.6 Å². The minimum absolute atomic E-state index is 0.0456. The van der Waals surface area contributed by atoms with E-state index >= 15 is 0 Å². The number of rotatable bonds is 7. The molecular formula is C22H30N2O4S. The highest BCUT2D eigenvalue weighted by Crippen LogP contribution is 2.27. The number of sulfonamides is 1. The fourth-order valence-corrected chi connectivity index (χ4v) is 3.90. The second kappa shape index (κ2) is 8.86. The number of para-hydroxylation sites is 1. The topological polar surface area (TPSA) is 75.7 Å². The predicted octanol–water partition coefficient (Wildman–Crippen LogP) is 3.64. The second-order valence-corrected chi connectivity index (χ2v) is 10.0. The van der Waals surface area contributed by atoms with Crippen LogP contribution in [-0.2, 0) is 20.2 Å². The molecular weight excluding hydrogens is 388 g/mol. The van der Waals surface area contributed by atoms with Crippen LogP contribution in [0, 0.1) is 0 Å². The van der Waals surface area contributed by atoms with Crippen LogP contribution in [0.3, 0.4) is 0 Å². The normalized spacial score (nSPS) is 12.9. The van der Waals surface area contributed by atoms with E-state index in [1.54, 1.807) is 19.2 Å². The number of carbonyl (C=O) groups excluding carboxylic acids is 1. The summed E-state index contributed by atoms with van der Waals surface area (Å²) in [6.07, 6.45) is 1.10. The van der Waals surface area contributed by atoms with Crippen LogP contribution in [0.1, 0.15) is 44.9 Å². The average Bonchev–Trinajstić information content (AvgIpc) is 2.64. The molecule has 29 heavy (non-hydrogen) atoms. The summed E-state index contributed by atoms with van der Waals surface area (Å²) in [6.45, 7) is 7.79. The van der Waals surface area contributed by atoms with E-state index in [1.807, 2.05) is 43.3 Å². The molecule has 0 saturated carbocycles. The number of methoxy groups -OCH3 is 1. The average molecular weight is 419 g/mol. The van der Waals surface area contributed by atoms with Gasteiger partial charge in [0, 0.05) is 5.56 Å². The highest BCUT2D eigenvalue weighted by Gasteiger charge is 2.23. The zero-order valence-electron chi connectivity index (χ0n) is 17.9. The van der Waals surface area contributed by atoms with Crippen LogP contribution in [0.4, 0.5) is 5.69 Å². The van der Waals surface area contributed by atoms with Gasteiger partial charge in [0.25, 0.3) is 0 Å². The maximum atomic E-state index is 12.6. The predicted molar refractivity (Wildman–Crippen MR) is 117 cm³/mol. The highest BCUT2D eigenvalue weighted by molar-refractivity contribution is 7.92. The van der Waals surface area contributed by atoms with Gasteiger partial charge in [0.15, 0.2) is 0 Å². The number of hydrogen-bond donors (Lipinski definition) is 1. The third-order valence-corrected chi connectivity index (χ3v) is 5.83. The third kappa shape index (κ3) is 5.97. The fourth-order valence-electron chi connectivity index (χ4n) is 3.05. The number of carbonyl (C=O) groups is 1. The van der Waals surface area contributed by atoms with E-state index in [0.717, 1.165) is 21.7 Å². The molecule has 2 rings (SSSR count). The first-order valence-corrected chi connectivity index (χ1v) is 11.3. The lowest BCUT2D eigenvalue weighted by atomic mass is 9.87. The van der Waals surface area contributed by atoms with E-state index in [2.05, 4.69) is 26.1 Å². The lowest BCUT2D eigenvalue weighted by molar-refractivity contribution is -0.120. The van der Waals surface area contributed by atoms with Gasteiger partial charge in [-0.05, 0) is 36.1 Å². The molecule has 2 aromatic carbocycles. The van der Waals surface area contributed by atoms with E-state index in [0.29, 0.717) is 11.4 Å². The van der Waals surface area contributed by atoms with Crippen molar-refractivity contribution in [2.75, 3.05) is 24.2 Å². The standard InChI is InChI=1S/C22H30N2O4S/c1-16(19-9-7-8-10-20(19)28-5)23-21(25)15-24(29(6,26)27)18-13-11-17(12-14-18)22(2,3)4/h7-14,16H,15H2,1-6H3,(H,23,25)/t16-/m1/s1. The van der Waals surface area contributed by atoms with Crippen LogP contribution in [0.5, 0.6) is 5.75 Å². The largest absolute Gasteiger partial charge is 0.496 e. The van der Waals surface area contributed by atoms with E-state index in [-0.39, 0.29) is 18.0 Å². The van der Waals surface area contributed by atoms with Crippen LogP contribution in [-0.4, -0.2) is 34.2 Å². The molecule has 7 heteroatoms. The van der Waals surface area contributed by atoms with E-state index in [9.17, 15) is 13.2 Å². The van der Waals surface area contributed by atoms with Crippen LogP contribution >= 0.6 is 0 Å². The Bertz CT molecular complexity index is 948. The molecule has 0 fully saturated rings. The summed E-state index contributed by atoms with van der Waals surface area (Å²) in [4.78, 5) is 12.6. The Labute approximate surface area is 173 Å². The second-order valence-electron chi connectivity index (χ2n) is 8.10. The molecule has 0 aromatic heterocycles. The van der Waals surface area contributed by atoms with Crippen molar-refractivity contribution in [1.82, 2.24) is 5.32 Å². The van der Waals surface area contributed by atoms with Crippen LogP contribution in [0.2, 0.25) is 0 Å². The van der Waals surface area contributed by atoms with Crippen molar-refractivity contribution in [3.63, 3.8) is 0 Å². The zero-order chi connectivity index (χ0) is 21.8. The fraction of sp³-hybridized carbons (Fsp3) is 0.409. The van der Waals surface area contributed by atoms with Gasteiger partial charge >= 0.3 is 0 Å². The lowest BCUT2D eigenvalue weighted by Crippen LogP contribution is -2.41. The Morgan fingerprint density at radius 2 is 1.69 bits per heavy atom. The first kappa shape index (κ1) is 22.7. The summed E-state index contributed by atoms with van der Waals surface area (Å²) < 4.78 is 31.1. The van der Waals surface area contributed by atoms with Gasteiger partial charge in [-0.1, -0.05) is 51.1 Å². The Hall–Kier alpha value is -2.54. The van der Waals surface area contributed by atoms with Gasteiger partial charge in [0.05, 0.1) is 25.1 Å². The van der Waals surface area contributed by atoms with E-state index in [4.69, 9.17) is 4.74 Å². The Kier molecular flexibility index (Phi) is 6.95. The van der Waals surface area contributed by atoms with Gasteiger partial charge in [0.1, 0.15) is 12.3 Å². The Morgan fingerprint density at radius 1 is 1.10 bits per heavy atom. The van der Waals surface area contributed by atoms with Gasteiger partial charge in [-0.25, -0.2) is 8.42 Å². The minimum Gasteiger partial charge on any atom is -0.496 e. The monoisotopic (exact) mass is 418 g/mol. The maximum absolute atomic E-state index is 12.6. The van der Waals surface area contributed by atoms with Crippen LogP contribution < -0.4 is 14.4 Å². The summed E-state index contributed by atoms with van der Waals surface area (Å²) in [5, 5.41) is 2.85. The minimum atomic E-state index is -3.63. The van der Waals surface area contributed by atoms with Crippen molar-refractivity contribution in [2.24, 2.45) is 0 Å². The Morgan fingerprint density at radius 3 is 2.21 bits per heavy atom. The molecule has 0 aliphatic rings. The molecule has 1 amide bonds. The summed E-state index contributed by atoms with van der Waals surface area (Å²) in [7, 11) is -2.06. The molecule has 1 atom stereocenters. The van der Waals surface area contributed by atoms with Crippen molar-refractivity contribution in [3.8, 4) is 5.75 Å².